The summed E-state index contributed by atoms with van der Waals surface area (Å²) in [6, 6.07) is 17.3. The van der Waals surface area contributed by atoms with Crippen molar-refractivity contribution in [2.24, 2.45) is 5.92 Å². The number of fused-ring (bicyclic) bond motifs is 5. The first kappa shape index (κ1) is 29.1. The van der Waals surface area contributed by atoms with Gasteiger partial charge in [-0.2, -0.15) is 0 Å². The average Bonchev–Trinajstić information content (AvgIpc) is 3.24. The second-order valence-corrected chi connectivity index (χ2v) is 8.91. The van der Waals surface area contributed by atoms with Gasteiger partial charge in [-0.3, -0.25) is 0 Å². The minimum absolute atomic E-state index is 0.134. The molecule has 2 aliphatic rings. The van der Waals surface area contributed by atoms with Crippen molar-refractivity contribution in [2.75, 3.05) is 16.8 Å². The molecule has 0 N–H and O–H groups in total. The highest BCUT2D eigenvalue weighted by molar-refractivity contribution is 5.84. The van der Waals surface area contributed by atoms with E-state index in [2.05, 4.69) is 106 Å². The first-order valence-electron chi connectivity index (χ1n) is 13.6. The largest absolute Gasteiger partial charge is 0.349 e. The van der Waals surface area contributed by atoms with Gasteiger partial charge in [-0.25, -0.2) is 9.97 Å². The van der Waals surface area contributed by atoms with Crippen LogP contribution in [0.15, 0.2) is 67.9 Å². The third-order valence-electron chi connectivity index (χ3n) is 7.54. The van der Waals surface area contributed by atoms with Gasteiger partial charge in [0.05, 0.1) is 6.20 Å². The molecule has 2 aromatic carbocycles. The summed E-state index contributed by atoms with van der Waals surface area (Å²) in [5.41, 5.74) is 6.27. The average molecular weight is 487 g/mol. The molecular formula is C32H46N4. The Morgan fingerprint density at radius 3 is 2.14 bits per heavy atom. The molecule has 36 heavy (non-hydrogen) atoms. The summed E-state index contributed by atoms with van der Waals surface area (Å²) in [5.74, 6) is 2.33. The van der Waals surface area contributed by atoms with Crippen LogP contribution in [0.2, 0.25) is 0 Å². The van der Waals surface area contributed by atoms with Gasteiger partial charge < -0.3 is 9.80 Å². The van der Waals surface area contributed by atoms with Gasteiger partial charge in [0.25, 0.3) is 0 Å². The van der Waals surface area contributed by atoms with Crippen molar-refractivity contribution in [3.63, 3.8) is 0 Å². The second-order valence-electron chi connectivity index (χ2n) is 8.91. The highest BCUT2D eigenvalue weighted by Crippen LogP contribution is 2.56. The normalized spacial score (nSPS) is 20.8. The fourth-order valence-electron chi connectivity index (χ4n) is 5.70. The second kappa shape index (κ2) is 12.7. The minimum atomic E-state index is 0.134. The molecule has 0 radical (unpaired) electrons. The Labute approximate surface area is 220 Å². The fourth-order valence-corrected chi connectivity index (χ4v) is 5.70. The number of rotatable bonds is 3. The molecule has 3 atom stereocenters. The van der Waals surface area contributed by atoms with Gasteiger partial charge in [-0.15, -0.1) is 13.2 Å². The van der Waals surface area contributed by atoms with Crippen molar-refractivity contribution >= 4 is 17.2 Å². The van der Waals surface area contributed by atoms with Gasteiger partial charge >= 0.3 is 0 Å². The van der Waals surface area contributed by atoms with Crippen LogP contribution in [0.1, 0.15) is 72.4 Å². The predicted molar refractivity (Wildman–Crippen MR) is 158 cm³/mol. The Morgan fingerprint density at radius 2 is 1.53 bits per heavy atom. The summed E-state index contributed by atoms with van der Waals surface area (Å²) in [6.07, 6.45) is 4.51. The maximum absolute atomic E-state index is 5.13. The summed E-state index contributed by atoms with van der Waals surface area (Å²) >= 11 is 0. The van der Waals surface area contributed by atoms with Crippen LogP contribution in [0.5, 0.6) is 0 Å². The van der Waals surface area contributed by atoms with Crippen LogP contribution in [0.4, 0.5) is 17.2 Å². The van der Waals surface area contributed by atoms with E-state index in [-0.39, 0.29) is 11.6 Å². The number of para-hydroxylation sites is 1. The smallest absolute Gasteiger partial charge is 0.162 e. The lowest BCUT2D eigenvalue weighted by Crippen LogP contribution is -2.55. The topological polar surface area (TPSA) is 32.3 Å². The third-order valence-corrected chi connectivity index (χ3v) is 7.54. The van der Waals surface area contributed by atoms with Crippen molar-refractivity contribution < 1.29 is 0 Å². The standard InChI is InChI=1S/C26H30N4.2C2H6.C2H4/c1-6-19-25-29(5)22-16-27-23(18-13-9-8-12-17(18)3)28-24(22)30(25)21-15-11-10-14-20(21)26(19,4)7-2;3*1-2/h8-16,19,25H,6-7H2,1-5H3;2*1-2H3;1-2H2. The van der Waals surface area contributed by atoms with Crippen LogP contribution < -0.4 is 9.80 Å². The van der Waals surface area contributed by atoms with Gasteiger partial charge in [-0.1, -0.05) is 90.9 Å². The maximum atomic E-state index is 5.13. The summed E-state index contributed by atoms with van der Waals surface area (Å²) in [5, 5.41) is 0. The zero-order chi connectivity index (χ0) is 27.0. The van der Waals surface area contributed by atoms with Gasteiger partial charge in [0.1, 0.15) is 11.9 Å². The van der Waals surface area contributed by atoms with Crippen LogP contribution in [-0.4, -0.2) is 23.2 Å². The van der Waals surface area contributed by atoms with E-state index in [1.54, 1.807) is 0 Å². The minimum Gasteiger partial charge on any atom is -0.349 e. The lowest BCUT2D eigenvalue weighted by Gasteiger charge is -2.51. The maximum Gasteiger partial charge on any atom is 0.162 e. The Bertz CT molecular complexity index is 1120. The SMILES string of the molecule is C=C.CC.CC.CCC1C2N(C)c3cnc(-c4ccccc4C)nc3N2c2ccccc2C1(C)CC. The summed E-state index contributed by atoms with van der Waals surface area (Å²) in [6.45, 7) is 23.2. The van der Waals surface area contributed by atoms with Crippen LogP contribution in [0.3, 0.4) is 0 Å². The molecule has 3 heterocycles. The van der Waals surface area contributed by atoms with Gasteiger partial charge in [0.2, 0.25) is 0 Å². The molecular weight excluding hydrogens is 440 g/mol. The van der Waals surface area contributed by atoms with Gasteiger partial charge in [0.15, 0.2) is 11.6 Å². The lowest BCUT2D eigenvalue weighted by atomic mass is 9.64. The molecule has 194 valence electrons. The quantitative estimate of drug-likeness (QED) is 0.346. The molecule has 4 nitrogen and oxygen atoms in total. The van der Waals surface area contributed by atoms with Crippen molar-refractivity contribution in [1.82, 2.24) is 9.97 Å². The van der Waals surface area contributed by atoms with E-state index in [9.17, 15) is 0 Å². The molecule has 1 aromatic heterocycles. The lowest BCUT2D eigenvalue weighted by molar-refractivity contribution is 0.218. The third kappa shape index (κ3) is 4.66. The number of aromatic nitrogens is 2. The molecule has 2 aliphatic heterocycles. The summed E-state index contributed by atoms with van der Waals surface area (Å²) < 4.78 is 0. The van der Waals surface area contributed by atoms with Crippen LogP contribution in [0, 0.1) is 12.8 Å². The van der Waals surface area contributed by atoms with E-state index < -0.39 is 0 Å². The molecule has 0 saturated carbocycles. The summed E-state index contributed by atoms with van der Waals surface area (Å²) in [7, 11) is 2.20. The number of anilines is 3. The molecule has 0 spiro atoms. The monoisotopic (exact) mass is 486 g/mol. The molecule has 5 rings (SSSR count). The molecule has 4 heteroatoms. The zero-order valence-electron chi connectivity index (χ0n) is 24.0. The Hall–Kier alpha value is -3.14. The predicted octanol–water partition coefficient (Wildman–Crippen LogP) is 8.93. The highest BCUT2D eigenvalue weighted by Gasteiger charge is 2.52. The molecule has 3 aromatic rings. The Balaban J connectivity index is 0.000000710. The van der Waals surface area contributed by atoms with E-state index in [1.165, 1.54) is 16.8 Å². The van der Waals surface area contributed by atoms with Gasteiger partial charge in [0, 0.05) is 29.6 Å². The molecule has 0 aliphatic carbocycles. The fraction of sp³-hybridized carbons (Fsp3) is 0.438. The van der Waals surface area contributed by atoms with Gasteiger partial charge in [-0.05, 0) is 37.0 Å². The first-order valence-corrected chi connectivity index (χ1v) is 13.6. The summed E-state index contributed by atoms with van der Waals surface area (Å²) in [4.78, 5) is 14.8. The number of aryl methyl sites for hydroxylation is 1. The van der Waals surface area contributed by atoms with Crippen molar-refractivity contribution in [2.45, 2.75) is 79.8 Å². The van der Waals surface area contributed by atoms with Crippen molar-refractivity contribution in [1.29, 1.82) is 0 Å². The number of hydrogen-bond acceptors (Lipinski definition) is 4. The molecule has 0 amide bonds. The highest BCUT2D eigenvalue weighted by atomic mass is 15.5. The number of hydrogen-bond donors (Lipinski definition) is 0. The van der Waals surface area contributed by atoms with E-state index in [1.807, 2.05) is 33.9 Å². The van der Waals surface area contributed by atoms with E-state index >= 15 is 0 Å². The van der Waals surface area contributed by atoms with Crippen molar-refractivity contribution in [3.8, 4) is 11.4 Å². The molecule has 0 saturated heterocycles. The van der Waals surface area contributed by atoms with Crippen molar-refractivity contribution in [3.05, 3.63) is 79.0 Å². The van der Waals surface area contributed by atoms with E-state index in [0.717, 1.165) is 35.7 Å². The molecule has 3 unspecified atom stereocenters. The zero-order valence-corrected chi connectivity index (χ0v) is 24.0. The Kier molecular flexibility index (Phi) is 10.3. The van der Waals surface area contributed by atoms with Crippen LogP contribution >= 0.6 is 0 Å². The van der Waals surface area contributed by atoms with E-state index in [4.69, 9.17) is 9.97 Å². The molecule has 0 bridgehead atoms. The Morgan fingerprint density at radius 1 is 0.917 bits per heavy atom. The van der Waals surface area contributed by atoms with Crippen LogP contribution in [0.25, 0.3) is 11.4 Å². The number of benzene rings is 2. The van der Waals surface area contributed by atoms with Crippen LogP contribution in [-0.2, 0) is 5.41 Å². The van der Waals surface area contributed by atoms with E-state index in [0.29, 0.717) is 5.92 Å². The number of nitrogens with zero attached hydrogens (tertiary/aromatic N) is 4. The first-order chi connectivity index (χ1) is 17.5. The molecule has 0 fully saturated rings.